The molecule has 192 valence electrons. The Labute approximate surface area is 218 Å². The number of methoxy groups -OCH3 is 1. The predicted octanol–water partition coefficient (Wildman–Crippen LogP) is 4.37. The molecular formula is C25H30N4O5S2. The summed E-state index contributed by atoms with van der Waals surface area (Å²) in [7, 11) is 1.61. The Morgan fingerprint density at radius 1 is 1.17 bits per heavy atom. The highest BCUT2D eigenvalue weighted by Crippen LogP contribution is 2.39. The zero-order valence-corrected chi connectivity index (χ0v) is 22.3. The van der Waals surface area contributed by atoms with Crippen LogP contribution in [0.1, 0.15) is 20.8 Å². The number of hydrogen-bond acceptors (Lipinski definition) is 9. The number of nitrogens with one attached hydrogen (secondary N) is 1. The van der Waals surface area contributed by atoms with Gasteiger partial charge in [-0.05, 0) is 38.5 Å². The third kappa shape index (κ3) is 7.19. The van der Waals surface area contributed by atoms with Crippen LogP contribution in [-0.4, -0.2) is 65.1 Å². The van der Waals surface area contributed by atoms with E-state index in [4.69, 9.17) is 15.2 Å². The molecule has 1 aliphatic rings. The maximum Gasteiger partial charge on any atom is 0.413 e. The van der Waals surface area contributed by atoms with Crippen LogP contribution in [0.25, 0.3) is 21.3 Å². The van der Waals surface area contributed by atoms with Crippen molar-refractivity contribution >= 4 is 55.6 Å². The third-order valence-electron chi connectivity index (χ3n) is 4.87. The van der Waals surface area contributed by atoms with Crippen molar-refractivity contribution in [3.8, 4) is 16.9 Å². The first kappa shape index (κ1) is 27.4. The van der Waals surface area contributed by atoms with Gasteiger partial charge in [0, 0.05) is 31.0 Å². The number of thiazole rings is 1. The molecule has 0 spiro atoms. The fraction of sp³-hybridized carbons (Fsp3) is 0.360. The van der Waals surface area contributed by atoms with E-state index in [1.54, 1.807) is 7.11 Å². The number of anilines is 1. The van der Waals surface area contributed by atoms with Gasteiger partial charge >= 0.3 is 12.0 Å². The smallest absolute Gasteiger partial charge is 0.413 e. The van der Waals surface area contributed by atoms with E-state index in [2.05, 4.69) is 10.3 Å². The summed E-state index contributed by atoms with van der Waals surface area (Å²) in [6, 6.07) is 13.9. The normalized spacial score (nSPS) is 13.8. The lowest BCUT2D eigenvalue weighted by Crippen LogP contribution is -2.43. The molecule has 36 heavy (non-hydrogen) atoms. The van der Waals surface area contributed by atoms with Crippen LogP contribution in [-0.2, 0) is 14.3 Å². The molecule has 3 aromatic rings. The topological polar surface area (TPSA) is 124 Å². The summed E-state index contributed by atoms with van der Waals surface area (Å²) in [5.74, 6) is 0.972. The van der Waals surface area contributed by atoms with Crippen LogP contribution in [0.15, 0.2) is 42.5 Å². The van der Waals surface area contributed by atoms with Crippen LogP contribution in [0.2, 0.25) is 0 Å². The average molecular weight is 531 g/mol. The van der Waals surface area contributed by atoms with Gasteiger partial charge in [-0.25, -0.2) is 9.78 Å². The Morgan fingerprint density at radius 2 is 1.89 bits per heavy atom. The minimum absolute atomic E-state index is 0.357. The maximum atomic E-state index is 12.0. The summed E-state index contributed by atoms with van der Waals surface area (Å²) in [4.78, 5) is 39.9. The number of nitrogens with two attached hydrogens (primary N) is 1. The number of ether oxygens (including phenoxy) is 2. The van der Waals surface area contributed by atoms with E-state index in [9.17, 15) is 14.4 Å². The molecule has 2 heterocycles. The van der Waals surface area contributed by atoms with Crippen molar-refractivity contribution in [1.82, 2.24) is 9.88 Å². The van der Waals surface area contributed by atoms with Gasteiger partial charge in [0.05, 0.1) is 11.8 Å². The lowest BCUT2D eigenvalue weighted by atomic mass is 10.1. The monoisotopic (exact) mass is 530 g/mol. The number of nitrogens with zero attached hydrogens (tertiary/aromatic N) is 2. The Hall–Kier alpha value is -3.15. The fourth-order valence-electron chi connectivity index (χ4n) is 3.35. The molecule has 1 fully saturated rings. The molecule has 0 aliphatic carbocycles. The second-order valence-corrected chi connectivity index (χ2v) is 10.8. The number of fused-ring (bicyclic) bond motifs is 1. The summed E-state index contributed by atoms with van der Waals surface area (Å²) >= 11 is 2.48. The van der Waals surface area contributed by atoms with Crippen molar-refractivity contribution in [3.05, 3.63) is 42.5 Å². The molecule has 9 nitrogen and oxygen atoms in total. The Bertz CT molecular complexity index is 1220. The van der Waals surface area contributed by atoms with Crippen molar-refractivity contribution in [2.75, 3.05) is 37.8 Å². The Kier molecular flexibility index (Phi) is 9.30. The molecule has 1 saturated heterocycles. The SMILES string of the molecule is COc1ccc(-c2ccccc2)c2sc(NC(=O)OC(C)(C)C)nc12.NCCN1CCSC(=O)C1=O. The zero-order valence-electron chi connectivity index (χ0n) is 20.7. The number of aromatic nitrogens is 1. The molecule has 0 bridgehead atoms. The van der Waals surface area contributed by atoms with Gasteiger partial charge in [0.25, 0.3) is 5.12 Å². The van der Waals surface area contributed by atoms with Crippen LogP contribution >= 0.6 is 23.1 Å². The van der Waals surface area contributed by atoms with Crippen molar-refractivity contribution in [1.29, 1.82) is 0 Å². The minimum atomic E-state index is -0.562. The van der Waals surface area contributed by atoms with Gasteiger partial charge in [-0.1, -0.05) is 53.4 Å². The first-order valence-electron chi connectivity index (χ1n) is 11.3. The molecule has 1 aliphatic heterocycles. The van der Waals surface area contributed by atoms with Gasteiger partial charge in [0.1, 0.15) is 16.9 Å². The quantitative estimate of drug-likeness (QED) is 0.466. The molecule has 0 unspecified atom stereocenters. The number of carbonyl (C=O) groups excluding carboxylic acids is 3. The molecule has 1 aromatic heterocycles. The predicted molar refractivity (Wildman–Crippen MR) is 145 cm³/mol. The van der Waals surface area contributed by atoms with Crippen LogP contribution in [0.5, 0.6) is 5.75 Å². The number of thioether (sulfide) groups is 1. The van der Waals surface area contributed by atoms with Crippen molar-refractivity contribution < 1.29 is 23.9 Å². The van der Waals surface area contributed by atoms with E-state index in [0.717, 1.165) is 33.1 Å². The van der Waals surface area contributed by atoms with E-state index in [1.807, 2.05) is 63.2 Å². The van der Waals surface area contributed by atoms with Gasteiger partial charge in [-0.15, -0.1) is 0 Å². The molecule has 0 radical (unpaired) electrons. The minimum Gasteiger partial charge on any atom is -0.494 e. The van der Waals surface area contributed by atoms with Crippen LogP contribution in [0, 0.1) is 0 Å². The summed E-state index contributed by atoms with van der Waals surface area (Å²) in [6.07, 6.45) is -0.521. The molecule has 11 heteroatoms. The molecule has 4 rings (SSSR count). The van der Waals surface area contributed by atoms with Crippen molar-refractivity contribution in [2.45, 2.75) is 26.4 Å². The van der Waals surface area contributed by atoms with Gasteiger partial charge in [-0.3, -0.25) is 14.9 Å². The number of hydrogen-bond donors (Lipinski definition) is 2. The van der Waals surface area contributed by atoms with Gasteiger partial charge in [-0.2, -0.15) is 0 Å². The van der Waals surface area contributed by atoms with Crippen LogP contribution < -0.4 is 15.8 Å². The highest BCUT2D eigenvalue weighted by Gasteiger charge is 2.26. The van der Waals surface area contributed by atoms with E-state index in [-0.39, 0.29) is 5.12 Å². The second-order valence-electron chi connectivity index (χ2n) is 8.72. The standard InChI is InChI=1S/C19H20N2O3S.C6H10N2O2S/c1-19(2,3)24-18(22)21-17-20-15-14(23-4)11-10-13(16(15)25-17)12-8-6-5-7-9-12;7-1-2-8-3-4-11-6(10)5(8)9/h5-11H,1-4H3,(H,20,21,22);1-4,7H2. The van der Waals surface area contributed by atoms with E-state index in [0.29, 0.717) is 36.3 Å². The van der Waals surface area contributed by atoms with Crippen molar-refractivity contribution in [2.24, 2.45) is 5.73 Å². The number of benzene rings is 2. The third-order valence-corrected chi connectivity index (χ3v) is 6.70. The summed E-state index contributed by atoms with van der Waals surface area (Å²) < 4.78 is 11.7. The highest BCUT2D eigenvalue weighted by atomic mass is 32.2. The molecular weight excluding hydrogens is 500 g/mol. The highest BCUT2D eigenvalue weighted by molar-refractivity contribution is 8.15. The van der Waals surface area contributed by atoms with E-state index in [1.165, 1.54) is 16.2 Å². The van der Waals surface area contributed by atoms with Gasteiger partial charge in [0.2, 0.25) is 0 Å². The van der Waals surface area contributed by atoms with Crippen LogP contribution in [0.3, 0.4) is 0 Å². The Morgan fingerprint density at radius 3 is 2.53 bits per heavy atom. The molecule has 0 saturated carbocycles. The second kappa shape index (κ2) is 12.2. The van der Waals surface area contributed by atoms with Gasteiger partial charge < -0.3 is 20.1 Å². The van der Waals surface area contributed by atoms with E-state index < -0.39 is 17.6 Å². The summed E-state index contributed by atoms with van der Waals surface area (Å²) in [5, 5.41) is 2.83. The first-order chi connectivity index (χ1) is 17.1. The van der Waals surface area contributed by atoms with E-state index >= 15 is 0 Å². The maximum absolute atomic E-state index is 12.0. The molecule has 0 atom stereocenters. The lowest BCUT2D eigenvalue weighted by molar-refractivity contribution is -0.140. The van der Waals surface area contributed by atoms with Crippen molar-refractivity contribution in [3.63, 3.8) is 0 Å². The average Bonchev–Trinajstić information content (AvgIpc) is 3.24. The Balaban J connectivity index is 0.000000275. The molecule has 3 N–H and O–H groups in total. The largest absolute Gasteiger partial charge is 0.494 e. The summed E-state index contributed by atoms with van der Waals surface area (Å²) in [6.45, 7) is 7.02. The number of rotatable bonds is 5. The van der Waals surface area contributed by atoms with Gasteiger partial charge in [0.15, 0.2) is 5.13 Å². The number of carbonyl (C=O) groups is 3. The number of amides is 2. The zero-order chi connectivity index (χ0) is 26.3. The fourth-order valence-corrected chi connectivity index (χ4v) is 5.10. The lowest BCUT2D eigenvalue weighted by Gasteiger charge is -2.24. The molecule has 2 amide bonds. The van der Waals surface area contributed by atoms with Crippen LogP contribution in [0.4, 0.5) is 9.93 Å². The molecule has 2 aromatic carbocycles. The summed E-state index contributed by atoms with van der Waals surface area (Å²) in [5.41, 5.74) is 7.55. The first-order valence-corrected chi connectivity index (χ1v) is 13.1.